The van der Waals surface area contributed by atoms with E-state index in [-0.39, 0.29) is 6.10 Å². The molecule has 1 aromatic rings. The van der Waals surface area contributed by atoms with Gasteiger partial charge in [-0.25, -0.2) is 0 Å². The molecule has 0 amide bonds. The number of aliphatic hydroxyl groups is 1. The molecule has 0 aromatic heterocycles. The Hall–Kier alpha value is -0.910. The van der Waals surface area contributed by atoms with E-state index >= 15 is 0 Å². The van der Waals surface area contributed by atoms with Crippen LogP contribution in [0.2, 0.25) is 0 Å². The number of benzene rings is 1. The van der Waals surface area contributed by atoms with Gasteiger partial charge in [0.05, 0.1) is 6.10 Å². The van der Waals surface area contributed by atoms with Gasteiger partial charge in [-0.2, -0.15) is 0 Å². The molecule has 2 unspecified atom stereocenters. The van der Waals surface area contributed by atoms with Crippen LogP contribution in [0.4, 0.5) is 5.69 Å². The molecule has 1 aliphatic rings. The summed E-state index contributed by atoms with van der Waals surface area (Å²) in [5.74, 6) is 0. The molecule has 1 heterocycles. The van der Waals surface area contributed by atoms with E-state index in [4.69, 9.17) is 0 Å². The maximum Gasteiger partial charge on any atom is 0.151 e. The molecule has 2 rings (SSSR count). The SMILES string of the molecule is CN(C)CC1CC(O)CN1c1ccc(C=O)c(Br)c1. The van der Waals surface area contributed by atoms with Gasteiger partial charge in [0.2, 0.25) is 0 Å². The van der Waals surface area contributed by atoms with Gasteiger partial charge in [-0.1, -0.05) is 0 Å². The maximum absolute atomic E-state index is 10.8. The number of aldehydes is 1. The van der Waals surface area contributed by atoms with Gasteiger partial charge in [-0.15, -0.1) is 0 Å². The van der Waals surface area contributed by atoms with Crippen LogP contribution in [-0.4, -0.2) is 55.6 Å². The number of aliphatic hydroxyl groups excluding tert-OH is 1. The fraction of sp³-hybridized carbons (Fsp3) is 0.500. The Morgan fingerprint density at radius 2 is 2.26 bits per heavy atom. The summed E-state index contributed by atoms with van der Waals surface area (Å²) in [4.78, 5) is 15.2. The second kappa shape index (κ2) is 6.03. The van der Waals surface area contributed by atoms with Crippen molar-refractivity contribution in [2.45, 2.75) is 18.6 Å². The van der Waals surface area contributed by atoms with Crippen molar-refractivity contribution in [2.75, 3.05) is 32.1 Å². The van der Waals surface area contributed by atoms with E-state index in [9.17, 15) is 9.90 Å². The molecule has 1 N–H and O–H groups in total. The van der Waals surface area contributed by atoms with Crippen LogP contribution in [0.15, 0.2) is 22.7 Å². The summed E-state index contributed by atoms with van der Waals surface area (Å²) in [6, 6.07) is 6.00. The van der Waals surface area contributed by atoms with Gasteiger partial charge >= 0.3 is 0 Å². The Kier molecular flexibility index (Phi) is 4.60. The minimum absolute atomic E-state index is 0.283. The first kappa shape index (κ1) is 14.5. The second-order valence-corrected chi connectivity index (χ2v) is 6.14. The van der Waals surface area contributed by atoms with Crippen molar-refractivity contribution >= 4 is 27.9 Å². The van der Waals surface area contributed by atoms with E-state index in [1.807, 2.05) is 32.3 Å². The monoisotopic (exact) mass is 326 g/mol. The van der Waals surface area contributed by atoms with Crippen LogP contribution in [0.1, 0.15) is 16.8 Å². The normalized spacial score (nSPS) is 23.1. The number of β-amino-alcohol motifs (C(OH)–C–C–N with tert-alkyl or cyclic N) is 1. The minimum atomic E-state index is -0.283. The van der Waals surface area contributed by atoms with Gasteiger partial charge < -0.3 is 14.9 Å². The van der Waals surface area contributed by atoms with Gasteiger partial charge in [0.15, 0.2) is 6.29 Å². The van der Waals surface area contributed by atoms with Crippen LogP contribution in [-0.2, 0) is 0 Å². The zero-order valence-corrected chi connectivity index (χ0v) is 12.8. The topological polar surface area (TPSA) is 43.8 Å². The van der Waals surface area contributed by atoms with Crippen LogP contribution in [0.3, 0.4) is 0 Å². The van der Waals surface area contributed by atoms with E-state index in [1.165, 1.54) is 0 Å². The van der Waals surface area contributed by atoms with Crippen molar-refractivity contribution in [3.63, 3.8) is 0 Å². The van der Waals surface area contributed by atoms with Crippen molar-refractivity contribution in [3.8, 4) is 0 Å². The predicted octanol–water partition coefficient (Wildman–Crippen LogP) is 1.76. The quantitative estimate of drug-likeness (QED) is 0.856. The lowest BCUT2D eigenvalue weighted by molar-refractivity contribution is 0.112. The summed E-state index contributed by atoms with van der Waals surface area (Å²) < 4.78 is 0.796. The standard InChI is InChI=1S/C14H19BrN2O2/c1-16(2)7-12-5-13(19)8-17(12)11-4-3-10(9-18)14(15)6-11/h3-4,6,9,12-13,19H,5,7-8H2,1-2H3. The molecule has 1 aromatic carbocycles. The summed E-state index contributed by atoms with van der Waals surface area (Å²) in [7, 11) is 4.07. The zero-order chi connectivity index (χ0) is 14.0. The molecule has 0 bridgehead atoms. The zero-order valence-electron chi connectivity index (χ0n) is 11.2. The van der Waals surface area contributed by atoms with Gasteiger partial charge in [0.25, 0.3) is 0 Å². The van der Waals surface area contributed by atoms with Crippen molar-refractivity contribution < 1.29 is 9.90 Å². The molecular weight excluding hydrogens is 308 g/mol. The number of nitrogens with zero attached hydrogens (tertiary/aromatic N) is 2. The lowest BCUT2D eigenvalue weighted by Gasteiger charge is -2.29. The van der Waals surface area contributed by atoms with Crippen molar-refractivity contribution in [3.05, 3.63) is 28.2 Å². The highest BCUT2D eigenvalue weighted by Gasteiger charge is 2.31. The van der Waals surface area contributed by atoms with Gasteiger partial charge in [-0.05, 0) is 54.6 Å². The van der Waals surface area contributed by atoms with E-state index in [0.29, 0.717) is 18.2 Å². The largest absolute Gasteiger partial charge is 0.391 e. The lowest BCUT2D eigenvalue weighted by Crippen LogP contribution is -2.37. The van der Waals surface area contributed by atoms with Crippen molar-refractivity contribution in [2.24, 2.45) is 0 Å². The highest BCUT2D eigenvalue weighted by molar-refractivity contribution is 9.10. The third-order valence-corrected chi connectivity index (χ3v) is 4.10. The Morgan fingerprint density at radius 3 is 2.84 bits per heavy atom. The van der Waals surface area contributed by atoms with E-state index in [0.717, 1.165) is 29.4 Å². The number of hydrogen-bond acceptors (Lipinski definition) is 4. The number of carbonyl (C=O) groups excluding carboxylic acids is 1. The summed E-state index contributed by atoms with van der Waals surface area (Å²) in [5.41, 5.74) is 1.69. The summed E-state index contributed by atoms with van der Waals surface area (Å²) in [5, 5.41) is 9.89. The number of halogens is 1. The number of likely N-dealkylation sites (N-methyl/N-ethyl adjacent to an activating group) is 1. The first-order chi connectivity index (χ1) is 9.01. The number of anilines is 1. The summed E-state index contributed by atoms with van der Waals surface area (Å²) in [6.45, 7) is 1.55. The van der Waals surface area contributed by atoms with Crippen LogP contribution >= 0.6 is 15.9 Å². The third kappa shape index (κ3) is 3.35. The Labute approximate surface area is 122 Å². The van der Waals surface area contributed by atoms with Crippen LogP contribution in [0.25, 0.3) is 0 Å². The van der Waals surface area contributed by atoms with Gasteiger partial charge in [0.1, 0.15) is 0 Å². The van der Waals surface area contributed by atoms with Crippen molar-refractivity contribution in [1.82, 2.24) is 4.90 Å². The number of carbonyl (C=O) groups is 1. The third-order valence-electron chi connectivity index (χ3n) is 3.41. The maximum atomic E-state index is 10.8. The van der Waals surface area contributed by atoms with E-state index in [1.54, 1.807) is 0 Å². The smallest absolute Gasteiger partial charge is 0.151 e. The average molecular weight is 327 g/mol. The molecule has 1 fully saturated rings. The molecule has 1 aliphatic heterocycles. The molecule has 1 saturated heterocycles. The molecule has 4 nitrogen and oxygen atoms in total. The highest BCUT2D eigenvalue weighted by atomic mass is 79.9. The molecule has 0 radical (unpaired) electrons. The first-order valence-electron chi connectivity index (χ1n) is 6.35. The van der Waals surface area contributed by atoms with Gasteiger partial charge in [0, 0.05) is 34.9 Å². The van der Waals surface area contributed by atoms with Crippen molar-refractivity contribution in [1.29, 1.82) is 0 Å². The van der Waals surface area contributed by atoms with E-state index < -0.39 is 0 Å². The number of hydrogen-bond donors (Lipinski definition) is 1. The molecule has 2 atom stereocenters. The van der Waals surface area contributed by atoms with Crippen LogP contribution < -0.4 is 4.90 Å². The lowest BCUT2D eigenvalue weighted by atomic mass is 10.1. The fourth-order valence-corrected chi connectivity index (χ4v) is 3.05. The predicted molar refractivity (Wildman–Crippen MR) is 79.8 cm³/mol. The molecular formula is C14H19BrN2O2. The van der Waals surface area contributed by atoms with Crippen LogP contribution in [0.5, 0.6) is 0 Å². The molecule has 19 heavy (non-hydrogen) atoms. The average Bonchev–Trinajstić information content (AvgIpc) is 2.69. The van der Waals surface area contributed by atoms with Gasteiger partial charge in [-0.3, -0.25) is 4.79 Å². The highest BCUT2D eigenvalue weighted by Crippen LogP contribution is 2.29. The first-order valence-corrected chi connectivity index (χ1v) is 7.14. The molecule has 0 spiro atoms. The minimum Gasteiger partial charge on any atom is -0.391 e. The Bertz CT molecular complexity index is 465. The van der Waals surface area contributed by atoms with E-state index in [2.05, 4.69) is 25.7 Å². The summed E-state index contributed by atoms with van der Waals surface area (Å²) >= 11 is 3.41. The number of rotatable bonds is 4. The fourth-order valence-electron chi connectivity index (χ4n) is 2.59. The molecule has 104 valence electrons. The van der Waals surface area contributed by atoms with Crippen LogP contribution in [0, 0.1) is 0 Å². The molecule has 0 aliphatic carbocycles. The Morgan fingerprint density at radius 1 is 1.53 bits per heavy atom. The second-order valence-electron chi connectivity index (χ2n) is 5.28. The Balaban J connectivity index is 2.23. The molecule has 5 heteroatoms. The molecule has 0 saturated carbocycles. The summed E-state index contributed by atoms with van der Waals surface area (Å²) in [6.07, 6.45) is 1.34.